The average molecular weight is 228 g/mol. The predicted molar refractivity (Wildman–Crippen MR) is 59.5 cm³/mol. The maximum atomic E-state index is 10.8. The molecule has 0 heterocycles. The van der Waals surface area contributed by atoms with E-state index in [4.69, 9.17) is 5.73 Å². The Bertz CT molecular complexity index is 135. The lowest BCUT2D eigenvalue weighted by Gasteiger charge is -2.07. The van der Waals surface area contributed by atoms with Crippen LogP contribution < -0.4 is 5.73 Å². The molecule has 0 aromatic heterocycles. The summed E-state index contributed by atoms with van der Waals surface area (Å²) in [7, 11) is 1.36. The minimum absolute atomic E-state index is 0. The molecule has 1 atom stereocenters. The molecule has 2 N–H and O–H groups in total. The van der Waals surface area contributed by atoms with Gasteiger partial charge in [-0.15, -0.1) is 12.4 Å². The predicted octanol–water partition coefficient (Wildman–Crippen LogP) is 1.44. The van der Waals surface area contributed by atoms with Crippen molar-refractivity contribution in [3.05, 3.63) is 0 Å². The number of nitrogens with two attached hydrogens (primary N) is 1. The summed E-state index contributed by atoms with van der Waals surface area (Å²) in [5, 5.41) is 0. The third-order valence-corrected chi connectivity index (χ3v) is 2.62. The van der Waals surface area contributed by atoms with Gasteiger partial charge >= 0.3 is 5.97 Å². The molecular formula is C8H18ClNO2S. The van der Waals surface area contributed by atoms with E-state index < -0.39 is 6.04 Å². The van der Waals surface area contributed by atoms with Crippen LogP contribution in [-0.2, 0) is 9.53 Å². The van der Waals surface area contributed by atoms with E-state index in [0.29, 0.717) is 5.75 Å². The van der Waals surface area contributed by atoms with E-state index in [-0.39, 0.29) is 18.4 Å². The van der Waals surface area contributed by atoms with Gasteiger partial charge in [0.05, 0.1) is 7.11 Å². The lowest BCUT2D eigenvalue weighted by molar-refractivity contribution is -0.141. The van der Waals surface area contributed by atoms with E-state index in [2.05, 4.69) is 11.7 Å². The second-order valence-corrected chi connectivity index (χ2v) is 3.71. The molecule has 0 aromatic carbocycles. The largest absolute Gasteiger partial charge is 0.468 e. The van der Waals surface area contributed by atoms with Crippen LogP contribution >= 0.6 is 24.2 Å². The summed E-state index contributed by atoms with van der Waals surface area (Å²) >= 11 is 1.70. The van der Waals surface area contributed by atoms with Gasteiger partial charge in [0.15, 0.2) is 0 Å². The number of esters is 1. The fourth-order valence-electron chi connectivity index (χ4n) is 0.676. The second kappa shape index (κ2) is 10.2. The number of ether oxygens (including phenoxy) is 1. The molecule has 0 saturated carbocycles. The first-order chi connectivity index (χ1) is 5.72. The molecule has 13 heavy (non-hydrogen) atoms. The molecule has 0 rings (SSSR count). The molecule has 80 valence electrons. The first-order valence-electron chi connectivity index (χ1n) is 4.13. The molecule has 5 heteroatoms. The summed E-state index contributed by atoms with van der Waals surface area (Å²) in [4.78, 5) is 10.8. The minimum Gasteiger partial charge on any atom is -0.468 e. The van der Waals surface area contributed by atoms with Gasteiger partial charge < -0.3 is 10.5 Å². The van der Waals surface area contributed by atoms with E-state index in [1.54, 1.807) is 11.8 Å². The third kappa shape index (κ3) is 8.40. The highest BCUT2D eigenvalue weighted by Gasteiger charge is 2.12. The van der Waals surface area contributed by atoms with Gasteiger partial charge in [-0.25, -0.2) is 0 Å². The Balaban J connectivity index is 0. The lowest BCUT2D eigenvalue weighted by Crippen LogP contribution is -2.33. The van der Waals surface area contributed by atoms with Crippen molar-refractivity contribution >= 4 is 30.1 Å². The zero-order valence-electron chi connectivity index (χ0n) is 8.12. The summed E-state index contributed by atoms with van der Waals surface area (Å²) < 4.78 is 4.49. The SMILES string of the molecule is CCCCSCC(N)C(=O)OC.Cl. The molecule has 0 spiro atoms. The van der Waals surface area contributed by atoms with Crippen LogP contribution in [0.15, 0.2) is 0 Å². The lowest BCUT2D eigenvalue weighted by atomic mass is 10.4. The maximum Gasteiger partial charge on any atom is 0.323 e. The van der Waals surface area contributed by atoms with Crippen molar-refractivity contribution in [2.45, 2.75) is 25.8 Å². The Hall–Kier alpha value is 0.0700. The van der Waals surface area contributed by atoms with Crippen molar-refractivity contribution in [2.75, 3.05) is 18.6 Å². The number of unbranched alkanes of at least 4 members (excludes halogenated alkanes) is 1. The van der Waals surface area contributed by atoms with Crippen LogP contribution in [0.4, 0.5) is 0 Å². The van der Waals surface area contributed by atoms with E-state index in [1.165, 1.54) is 20.0 Å². The van der Waals surface area contributed by atoms with Crippen LogP contribution in [0.25, 0.3) is 0 Å². The van der Waals surface area contributed by atoms with Gasteiger partial charge in [-0.2, -0.15) is 11.8 Å². The number of thioether (sulfide) groups is 1. The molecule has 0 bridgehead atoms. The van der Waals surface area contributed by atoms with Crippen LogP contribution in [0.5, 0.6) is 0 Å². The van der Waals surface area contributed by atoms with Gasteiger partial charge in [0.2, 0.25) is 0 Å². The first-order valence-corrected chi connectivity index (χ1v) is 5.29. The summed E-state index contributed by atoms with van der Waals surface area (Å²) in [5.41, 5.74) is 5.51. The highest BCUT2D eigenvalue weighted by molar-refractivity contribution is 7.99. The Morgan fingerprint density at radius 2 is 2.23 bits per heavy atom. The molecule has 0 fully saturated rings. The van der Waals surface area contributed by atoms with Gasteiger partial charge in [-0.05, 0) is 12.2 Å². The molecule has 0 amide bonds. The third-order valence-electron chi connectivity index (χ3n) is 1.44. The number of halogens is 1. The van der Waals surface area contributed by atoms with Gasteiger partial charge in [-0.3, -0.25) is 4.79 Å². The molecule has 0 aromatic rings. The fraction of sp³-hybridized carbons (Fsp3) is 0.875. The molecular weight excluding hydrogens is 210 g/mol. The molecule has 0 aliphatic carbocycles. The van der Waals surface area contributed by atoms with E-state index in [1.807, 2.05) is 0 Å². The normalized spacial score (nSPS) is 11.6. The van der Waals surface area contributed by atoms with Crippen LogP contribution in [-0.4, -0.2) is 30.6 Å². The summed E-state index contributed by atoms with van der Waals surface area (Å²) in [6.45, 7) is 2.14. The molecule has 0 aliphatic heterocycles. The Morgan fingerprint density at radius 1 is 1.62 bits per heavy atom. The Labute approximate surface area is 90.2 Å². The number of hydrogen-bond donors (Lipinski definition) is 1. The van der Waals surface area contributed by atoms with Crippen molar-refractivity contribution in [2.24, 2.45) is 5.73 Å². The van der Waals surface area contributed by atoms with Crippen LogP contribution in [0.1, 0.15) is 19.8 Å². The smallest absolute Gasteiger partial charge is 0.323 e. The van der Waals surface area contributed by atoms with Gasteiger partial charge in [-0.1, -0.05) is 13.3 Å². The van der Waals surface area contributed by atoms with Crippen molar-refractivity contribution in [3.63, 3.8) is 0 Å². The standard InChI is InChI=1S/C8H17NO2S.ClH/c1-3-4-5-12-6-7(9)8(10)11-2;/h7H,3-6,9H2,1-2H3;1H. The number of hydrogen-bond acceptors (Lipinski definition) is 4. The fourth-order valence-corrected chi connectivity index (χ4v) is 1.73. The van der Waals surface area contributed by atoms with Crippen molar-refractivity contribution < 1.29 is 9.53 Å². The van der Waals surface area contributed by atoms with E-state index >= 15 is 0 Å². The molecule has 0 saturated heterocycles. The highest BCUT2D eigenvalue weighted by Crippen LogP contribution is 2.05. The quantitative estimate of drug-likeness (QED) is 0.551. The van der Waals surface area contributed by atoms with Crippen molar-refractivity contribution in [1.82, 2.24) is 0 Å². The topological polar surface area (TPSA) is 52.3 Å². The maximum absolute atomic E-state index is 10.8. The van der Waals surface area contributed by atoms with E-state index in [0.717, 1.165) is 5.75 Å². The zero-order valence-corrected chi connectivity index (χ0v) is 9.75. The average Bonchev–Trinajstić information content (AvgIpc) is 2.10. The van der Waals surface area contributed by atoms with Crippen LogP contribution in [0, 0.1) is 0 Å². The summed E-state index contributed by atoms with van der Waals surface area (Å²) in [6, 6.07) is -0.461. The van der Waals surface area contributed by atoms with Gasteiger partial charge in [0.1, 0.15) is 6.04 Å². The molecule has 1 unspecified atom stereocenters. The van der Waals surface area contributed by atoms with Crippen molar-refractivity contribution in [3.8, 4) is 0 Å². The Kier molecular flexibility index (Phi) is 12.1. The number of carbonyl (C=O) groups is 1. The monoisotopic (exact) mass is 227 g/mol. The second-order valence-electron chi connectivity index (χ2n) is 2.56. The Morgan fingerprint density at radius 3 is 2.69 bits per heavy atom. The van der Waals surface area contributed by atoms with Crippen LogP contribution in [0.3, 0.4) is 0 Å². The van der Waals surface area contributed by atoms with E-state index in [9.17, 15) is 4.79 Å². The minimum atomic E-state index is -0.461. The van der Waals surface area contributed by atoms with Crippen LogP contribution in [0.2, 0.25) is 0 Å². The zero-order chi connectivity index (χ0) is 9.40. The molecule has 3 nitrogen and oxygen atoms in total. The first kappa shape index (κ1) is 15.5. The molecule has 0 radical (unpaired) electrons. The van der Waals surface area contributed by atoms with Gasteiger partial charge in [0.25, 0.3) is 0 Å². The summed E-state index contributed by atoms with van der Waals surface area (Å²) in [6.07, 6.45) is 2.36. The number of rotatable bonds is 6. The number of carbonyl (C=O) groups excluding carboxylic acids is 1. The molecule has 0 aliphatic rings. The summed E-state index contributed by atoms with van der Waals surface area (Å²) in [5.74, 6) is 1.41. The highest BCUT2D eigenvalue weighted by atomic mass is 35.5. The van der Waals surface area contributed by atoms with Gasteiger partial charge in [0, 0.05) is 5.75 Å². The number of methoxy groups -OCH3 is 1. The van der Waals surface area contributed by atoms with Crippen molar-refractivity contribution in [1.29, 1.82) is 0 Å².